The Morgan fingerprint density at radius 3 is 2.47 bits per heavy atom. The quantitative estimate of drug-likeness (QED) is 0.694. The van der Waals surface area contributed by atoms with Gasteiger partial charge >= 0.3 is 12.0 Å². The highest BCUT2D eigenvalue weighted by atomic mass is 16.5. The number of amides is 4. The van der Waals surface area contributed by atoms with Crippen molar-refractivity contribution in [3.8, 4) is 0 Å². The Kier molecular flexibility index (Phi) is 7.07. The van der Waals surface area contributed by atoms with Crippen molar-refractivity contribution in [3.63, 3.8) is 0 Å². The molecule has 0 spiro atoms. The maximum Gasteiger partial charge on any atom is 0.321 e. The predicted molar refractivity (Wildman–Crippen MR) is 111 cm³/mol. The molecule has 2 atom stereocenters. The average Bonchev–Trinajstić information content (AvgIpc) is 3.37. The Bertz CT molecular complexity index is 801. The number of imide groups is 1. The van der Waals surface area contributed by atoms with E-state index in [2.05, 4.69) is 17.6 Å². The summed E-state index contributed by atoms with van der Waals surface area (Å²) in [6.45, 7) is 3.67. The molecule has 2 aliphatic rings. The molecule has 1 aliphatic heterocycles. The Morgan fingerprint density at radius 2 is 1.83 bits per heavy atom. The molecule has 3 rings (SSSR count). The standard InChI is InChI=1S/C22H29N3O5/c1-3-15-8-10-18(11-9-15)25-13-16(12-19(25)26)21(28)30-14(2)20(27)24-22(29)23-17-6-4-5-7-17/h8-11,14,16-17H,3-7,12-13H2,1-2H3,(H2,23,24,27,29)/t14-,16-/m1/s1. The monoisotopic (exact) mass is 415 g/mol. The lowest BCUT2D eigenvalue weighted by molar-refractivity contribution is -0.158. The third-order valence-corrected chi connectivity index (χ3v) is 5.70. The van der Waals surface area contributed by atoms with Crippen molar-refractivity contribution in [1.29, 1.82) is 0 Å². The summed E-state index contributed by atoms with van der Waals surface area (Å²) in [5.74, 6) is -2.11. The fraction of sp³-hybridized carbons (Fsp3) is 0.545. The molecule has 1 heterocycles. The number of ether oxygens (including phenoxy) is 1. The molecule has 2 N–H and O–H groups in total. The number of anilines is 1. The van der Waals surface area contributed by atoms with Crippen LogP contribution in [0.15, 0.2) is 24.3 Å². The van der Waals surface area contributed by atoms with Crippen LogP contribution in [0.2, 0.25) is 0 Å². The van der Waals surface area contributed by atoms with E-state index < -0.39 is 29.9 Å². The average molecular weight is 415 g/mol. The number of nitrogens with one attached hydrogen (secondary N) is 2. The van der Waals surface area contributed by atoms with Crippen molar-refractivity contribution in [2.24, 2.45) is 5.92 Å². The normalized spacial score (nSPS) is 20.1. The molecular weight excluding hydrogens is 386 g/mol. The van der Waals surface area contributed by atoms with E-state index in [1.54, 1.807) is 4.90 Å². The molecular formula is C22H29N3O5. The van der Waals surface area contributed by atoms with Gasteiger partial charge in [-0.2, -0.15) is 0 Å². The minimum Gasteiger partial charge on any atom is -0.452 e. The van der Waals surface area contributed by atoms with Gasteiger partial charge in [0.1, 0.15) is 0 Å². The minimum atomic E-state index is -1.13. The Hall–Kier alpha value is -2.90. The van der Waals surface area contributed by atoms with Crippen LogP contribution in [0.1, 0.15) is 51.5 Å². The van der Waals surface area contributed by atoms with Crippen LogP contribution in [0, 0.1) is 5.92 Å². The number of hydrogen-bond acceptors (Lipinski definition) is 5. The molecule has 1 aliphatic carbocycles. The van der Waals surface area contributed by atoms with Crippen LogP contribution in [-0.4, -0.2) is 42.5 Å². The van der Waals surface area contributed by atoms with Gasteiger partial charge in [0.15, 0.2) is 6.10 Å². The molecule has 30 heavy (non-hydrogen) atoms. The Morgan fingerprint density at radius 1 is 1.17 bits per heavy atom. The molecule has 1 aromatic rings. The molecule has 162 valence electrons. The van der Waals surface area contributed by atoms with Crippen molar-refractivity contribution < 1.29 is 23.9 Å². The summed E-state index contributed by atoms with van der Waals surface area (Å²) in [4.78, 5) is 50.5. The van der Waals surface area contributed by atoms with E-state index in [9.17, 15) is 19.2 Å². The number of esters is 1. The number of aryl methyl sites for hydroxylation is 1. The second-order valence-electron chi connectivity index (χ2n) is 7.95. The number of benzene rings is 1. The summed E-state index contributed by atoms with van der Waals surface area (Å²) in [6.07, 6.45) is 3.74. The summed E-state index contributed by atoms with van der Waals surface area (Å²) in [6, 6.07) is 7.15. The van der Waals surface area contributed by atoms with Crippen molar-refractivity contribution >= 4 is 29.5 Å². The minimum absolute atomic E-state index is 0.0326. The molecule has 1 aromatic carbocycles. The van der Waals surface area contributed by atoms with Gasteiger partial charge in [0.05, 0.1) is 5.92 Å². The zero-order valence-electron chi connectivity index (χ0n) is 17.5. The van der Waals surface area contributed by atoms with Crippen LogP contribution >= 0.6 is 0 Å². The van der Waals surface area contributed by atoms with Crippen molar-refractivity contribution in [1.82, 2.24) is 10.6 Å². The second kappa shape index (κ2) is 9.73. The van der Waals surface area contributed by atoms with Crippen LogP contribution in [0.4, 0.5) is 10.5 Å². The second-order valence-corrected chi connectivity index (χ2v) is 7.95. The van der Waals surface area contributed by atoms with Gasteiger partial charge in [-0.3, -0.25) is 19.7 Å². The van der Waals surface area contributed by atoms with Gasteiger partial charge < -0.3 is 15.0 Å². The number of carbonyl (C=O) groups is 4. The van der Waals surface area contributed by atoms with Gasteiger partial charge in [-0.25, -0.2) is 4.79 Å². The molecule has 0 radical (unpaired) electrons. The highest BCUT2D eigenvalue weighted by molar-refractivity contribution is 6.00. The molecule has 0 bridgehead atoms. The molecule has 1 saturated carbocycles. The molecule has 0 aromatic heterocycles. The third-order valence-electron chi connectivity index (χ3n) is 5.70. The fourth-order valence-electron chi connectivity index (χ4n) is 3.86. The first-order chi connectivity index (χ1) is 14.4. The van der Waals surface area contributed by atoms with E-state index in [0.29, 0.717) is 0 Å². The molecule has 0 unspecified atom stereocenters. The van der Waals surface area contributed by atoms with Gasteiger partial charge in [0.2, 0.25) is 5.91 Å². The van der Waals surface area contributed by atoms with Crippen molar-refractivity contribution in [2.75, 3.05) is 11.4 Å². The van der Waals surface area contributed by atoms with E-state index in [-0.39, 0.29) is 24.9 Å². The number of nitrogens with zero attached hydrogens (tertiary/aromatic N) is 1. The lowest BCUT2D eigenvalue weighted by Crippen LogP contribution is -2.47. The lowest BCUT2D eigenvalue weighted by Gasteiger charge is -2.18. The summed E-state index contributed by atoms with van der Waals surface area (Å²) in [5.41, 5.74) is 1.90. The van der Waals surface area contributed by atoms with E-state index in [1.807, 2.05) is 24.3 Å². The molecule has 2 fully saturated rings. The zero-order valence-corrected chi connectivity index (χ0v) is 17.5. The van der Waals surface area contributed by atoms with Gasteiger partial charge in [-0.15, -0.1) is 0 Å². The number of carbonyl (C=O) groups excluding carboxylic acids is 4. The third kappa shape index (κ3) is 5.37. The van der Waals surface area contributed by atoms with Crippen molar-refractivity contribution in [2.45, 2.75) is 64.5 Å². The van der Waals surface area contributed by atoms with Crippen molar-refractivity contribution in [3.05, 3.63) is 29.8 Å². The highest BCUT2D eigenvalue weighted by Crippen LogP contribution is 2.26. The van der Waals surface area contributed by atoms with Crippen LogP contribution in [0.5, 0.6) is 0 Å². The lowest BCUT2D eigenvalue weighted by atomic mass is 10.1. The number of rotatable bonds is 6. The molecule has 8 nitrogen and oxygen atoms in total. The summed E-state index contributed by atoms with van der Waals surface area (Å²) < 4.78 is 5.23. The SMILES string of the molecule is CCc1ccc(N2C[C@H](C(=O)O[C@H](C)C(=O)NC(=O)NC3CCCC3)CC2=O)cc1. The largest absolute Gasteiger partial charge is 0.452 e. The summed E-state index contributed by atoms with van der Waals surface area (Å²) >= 11 is 0. The van der Waals surface area contributed by atoms with E-state index in [4.69, 9.17) is 4.74 Å². The first-order valence-electron chi connectivity index (χ1n) is 10.6. The first kappa shape index (κ1) is 21.8. The van der Waals surface area contributed by atoms with Gasteiger partial charge in [0.25, 0.3) is 5.91 Å². The van der Waals surface area contributed by atoms with E-state index >= 15 is 0 Å². The maximum absolute atomic E-state index is 12.5. The summed E-state index contributed by atoms with van der Waals surface area (Å²) in [5, 5.41) is 4.96. The summed E-state index contributed by atoms with van der Waals surface area (Å²) in [7, 11) is 0. The van der Waals surface area contributed by atoms with Crippen LogP contribution in [0.25, 0.3) is 0 Å². The van der Waals surface area contributed by atoms with Gasteiger partial charge in [-0.1, -0.05) is 31.9 Å². The molecule has 4 amide bonds. The first-order valence-corrected chi connectivity index (χ1v) is 10.6. The van der Waals surface area contributed by atoms with Gasteiger partial charge in [-0.05, 0) is 43.9 Å². The molecule has 8 heteroatoms. The maximum atomic E-state index is 12.5. The predicted octanol–water partition coefficient (Wildman–Crippen LogP) is 2.30. The van der Waals surface area contributed by atoms with Crippen LogP contribution in [0.3, 0.4) is 0 Å². The smallest absolute Gasteiger partial charge is 0.321 e. The number of hydrogen-bond donors (Lipinski definition) is 2. The number of urea groups is 1. The van der Waals surface area contributed by atoms with E-state index in [1.165, 1.54) is 6.92 Å². The van der Waals surface area contributed by atoms with Crippen LogP contribution < -0.4 is 15.5 Å². The van der Waals surface area contributed by atoms with Gasteiger partial charge in [0, 0.05) is 24.7 Å². The Labute approximate surface area is 176 Å². The fourth-order valence-corrected chi connectivity index (χ4v) is 3.86. The van der Waals surface area contributed by atoms with E-state index in [0.717, 1.165) is 43.4 Å². The topological polar surface area (TPSA) is 105 Å². The van der Waals surface area contributed by atoms with Crippen LogP contribution in [-0.2, 0) is 25.5 Å². The Balaban J connectivity index is 1.49. The molecule has 1 saturated heterocycles. The highest BCUT2D eigenvalue weighted by Gasteiger charge is 2.37. The zero-order chi connectivity index (χ0) is 21.7.